The Morgan fingerprint density at radius 1 is 1.47 bits per heavy atom. The third-order valence-electron chi connectivity index (χ3n) is 2.12. The van der Waals surface area contributed by atoms with E-state index in [9.17, 15) is 0 Å². The van der Waals surface area contributed by atoms with Gasteiger partial charge >= 0.3 is 0 Å². The number of aryl methyl sites for hydroxylation is 2. The predicted molar refractivity (Wildman–Crippen MR) is 63.9 cm³/mol. The molecule has 0 spiro atoms. The Hall–Kier alpha value is -0.870. The lowest BCUT2D eigenvalue weighted by Gasteiger charge is -2.04. The van der Waals surface area contributed by atoms with Gasteiger partial charge in [-0.1, -0.05) is 11.6 Å². The van der Waals surface area contributed by atoms with Gasteiger partial charge in [0.15, 0.2) is 0 Å². The summed E-state index contributed by atoms with van der Waals surface area (Å²) in [5.41, 5.74) is 2.99. The first-order valence-electron chi connectivity index (χ1n) is 4.39. The smallest absolute Gasteiger partial charge is 0.133 e. The van der Waals surface area contributed by atoms with E-state index in [0.717, 1.165) is 21.3 Å². The lowest BCUT2D eigenvalue weighted by Crippen LogP contribution is -1.87. The maximum absolute atomic E-state index is 5.92. The SMILES string of the molecule is Cc1cc(-c2cnn(C)c2)c(Br)nc1Cl. The van der Waals surface area contributed by atoms with E-state index in [1.54, 1.807) is 10.9 Å². The van der Waals surface area contributed by atoms with Crippen molar-refractivity contribution in [2.24, 2.45) is 7.05 Å². The summed E-state index contributed by atoms with van der Waals surface area (Å²) in [5.74, 6) is 0. The number of hydrogen-bond donors (Lipinski definition) is 0. The molecule has 0 saturated carbocycles. The maximum atomic E-state index is 5.92. The van der Waals surface area contributed by atoms with E-state index in [0.29, 0.717) is 5.15 Å². The van der Waals surface area contributed by atoms with Crippen LogP contribution in [0.5, 0.6) is 0 Å². The monoisotopic (exact) mass is 285 g/mol. The van der Waals surface area contributed by atoms with Gasteiger partial charge in [-0.3, -0.25) is 4.68 Å². The van der Waals surface area contributed by atoms with Gasteiger partial charge in [0.1, 0.15) is 9.76 Å². The summed E-state index contributed by atoms with van der Waals surface area (Å²) >= 11 is 9.31. The highest BCUT2D eigenvalue weighted by atomic mass is 79.9. The second-order valence-electron chi connectivity index (χ2n) is 3.34. The van der Waals surface area contributed by atoms with Crippen LogP contribution in [-0.2, 0) is 7.05 Å². The molecule has 78 valence electrons. The van der Waals surface area contributed by atoms with E-state index in [1.165, 1.54) is 0 Å². The average Bonchev–Trinajstić information content (AvgIpc) is 2.58. The maximum Gasteiger partial charge on any atom is 0.133 e. The molecule has 0 aliphatic heterocycles. The topological polar surface area (TPSA) is 30.7 Å². The zero-order valence-electron chi connectivity index (χ0n) is 8.33. The molecule has 0 aliphatic rings. The molecule has 0 amide bonds. The average molecular weight is 287 g/mol. The highest BCUT2D eigenvalue weighted by Crippen LogP contribution is 2.29. The van der Waals surface area contributed by atoms with Gasteiger partial charge in [0.25, 0.3) is 0 Å². The fraction of sp³-hybridized carbons (Fsp3) is 0.200. The molecule has 0 saturated heterocycles. The summed E-state index contributed by atoms with van der Waals surface area (Å²) in [6.07, 6.45) is 3.74. The van der Waals surface area contributed by atoms with Gasteiger partial charge in [-0.15, -0.1) is 0 Å². The molecular formula is C10H9BrClN3. The first-order valence-corrected chi connectivity index (χ1v) is 5.56. The second-order valence-corrected chi connectivity index (χ2v) is 4.45. The van der Waals surface area contributed by atoms with Crippen LogP contribution in [0.25, 0.3) is 11.1 Å². The van der Waals surface area contributed by atoms with Crippen LogP contribution in [0.15, 0.2) is 23.1 Å². The van der Waals surface area contributed by atoms with Gasteiger partial charge in [0.05, 0.1) is 6.20 Å². The van der Waals surface area contributed by atoms with Crippen LogP contribution in [0, 0.1) is 6.92 Å². The Morgan fingerprint density at radius 2 is 2.20 bits per heavy atom. The molecule has 0 aromatic carbocycles. The van der Waals surface area contributed by atoms with Crippen molar-refractivity contribution < 1.29 is 0 Å². The lowest BCUT2D eigenvalue weighted by atomic mass is 10.1. The number of pyridine rings is 1. The molecule has 0 unspecified atom stereocenters. The number of aromatic nitrogens is 3. The zero-order valence-corrected chi connectivity index (χ0v) is 10.7. The minimum Gasteiger partial charge on any atom is -0.275 e. The summed E-state index contributed by atoms with van der Waals surface area (Å²) in [4.78, 5) is 4.20. The third kappa shape index (κ3) is 2.06. The molecule has 2 aromatic heterocycles. The summed E-state index contributed by atoms with van der Waals surface area (Å²) in [6.45, 7) is 1.93. The normalized spacial score (nSPS) is 10.7. The van der Waals surface area contributed by atoms with Gasteiger partial charge < -0.3 is 0 Å². The van der Waals surface area contributed by atoms with Gasteiger partial charge in [-0.2, -0.15) is 5.10 Å². The number of nitrogens with zero attached hydrogens (tertiary/aromatic N) is 3. The van der Waals surface area contributed by atoms with Crippen molar-refractivity contribution in [1.29, 1.82) is 0 Å². The van der Waals surface area contributed by atoms with Gasteiger partial charge in [0.2, 0.25) is 0 Å². The predicted octanol–water partition coefficient (Wildman–Crippen LogP) is 3.21. The first kappa shape index (κ1) is 10.6. The Balaban J connectivity index is 2.58. The number of hydrogen-bond acceptors (Lipinski definition) is 2. The van der Waals surface area contributed by atoms with Crippen molar-refractivity contribution in [1.82, 2.24) is 14.8 Å². The van der Waals surface area contributed by atoms with E-state index in [4.69, 9.17) is 11.6 Å². The fourth-order valence-corrected chi connectivity index (χ4v) is 2.09. The fourth-order valence-electron chi connectivity index (χ4n) is 1.33. The summed E-state index contributed by atoms with van der Waals surface area (Å²) in [5, 5.41) is 4.64. The van der Waals surface area contributed by atoms with Crippen LogP contribution in [0.2, 0.25) is 5.15 Å². The van der Waals surface area contributed by atoms with E-state index in [2.05, 4.69) is 26.0 Å². The van der Waals surface area contributed by atoms with Crippen LogP contribution >= 0.6 is 27.5 Å². The first-order chi connectivity index (χ1) is 7.08. The Labute approximate surface area is 101 Å². The van der Waals surface area contributed by atoms with Gasteiger partial charge in [-0.25, -0.2) is 4.98 Å². The highest BCUT2D eigenvalue weighted by molar-refractivity contribution is 9.10. The summed E-state index contributed by atoms with van der Waals surface area (Å²) in [7, 11) is 1.88. The second kappa shape index (κ2) is 3.94. The van der Waals surface area contributed by atoms with E-state index >= 15 is 0 Å². The van der Waals surface area contributed by atoms with Gasteiger partial charge in [0, 0.05) is 24.4 Å². The largest absolute Gasteiger partial charge is 0.275 e. The molecule has 15 heavy (non-hydrogen) atoms. The molecular weight excluding hydrogens is 277 g/mol. The molecule has 0 N–H and O–H groups in total. The van der Waals surface area contributed by atoms with Crippen molar-refractivity contribution in [2.45, 2.75) is 6.92 Å². The Bertz CT molecular complexity index is 507. The summed E-state index contributed by atoms with van der Waals surface area (Å²) < 4.78 is 2.50. The Kier molecular flexibility index (Phi) is 2.80. The van der Waals surface area contributed by atoms with Crippen molar-refractivity contribution in [3.8, 4) is 11.1 Å². The third-order valence-corrected chi connectivity index (χ3v) is 3.11. The molecule has 2 rings (SSSR count). The van der Waals surface area contributed by atoms with Crippen LogP contribution in [0.4, 0.5) is 0 Å². The molecule has 5 heteroatoms. The van der Waals surface area contributed by atoms with Crippen LogP contribution in [0.3, 0.4) is 0 Å². The minimum absolute atomic E-state index is 0.523. The van der Waals surface area contributed by atoms with Crippen LogP contribution < -0.4 is 0 Å². The molecule has 3 nitrogen and oxygen atoms in total. The van der Waals surface area contributed by atoms with Crippen molar-refractivity contribution in [2.75, 3.05) is 0 Å². The van der Waals surface area contributed by atoms with Crippen LogP contribution in [-0.4, -0.2) is 14.8 Å². The minimum atomic E-state index is 0.523. The van der Waals surface area contributed by atoms with Crippen molar-refractivity contribution in [3.63, 3.8) is 0 Å². The molecule has 2 aromatic rings. The quantitative estimate of drug-likeness (QED) is 0.754. The lowest BCUT2D eigenvalue weighted by molar-refractivity contribution is 0.768. The molecule has 0 fully saturated rings. The molecule has 2 heterocycles. The molecule has 0 aliphatic carbocycles. The van der Waals surface area contributed by atoms with E-state index in [1.807, 2.05) is 26.2 Å². The highest BCUT2D eigenvalue weighted by Gasteiger charge is 2.09. The Morgan fingerprint density at radius 3 is 2.80 bits per heavy atom. The number of halogens is 2. The van der Waals surface area contributed by atoms with Gasteiger partial charge in [-0.05, 0) is 34.5 Å². The van der Waals surface area contributed by atoms with Crippen molar-refractivity contribution >= 4 is 27.5 Å². The number of rotatable bonds is 1. The molecule has 0 radical (unpaired) electrons. The van der Waals surface area contributed by atoms with E-state index < -0.39 is 0 Å². The van der Waals surface area contributed by atoms with E-state index in [-0.39, 0.29) is 0 Å². The van der Waals surface area contributed by atoms with Crippen LogP contribution in [0.1, 0.15) is 5.56 Å². The summed E-state index contributed by atoms with van der Waals surface area (Å²) in [6, 6.07) is 2.00. The standard InChI is InChI=1S/C10H9BrClN3/c1-6-3-8(9(11)14-10(6)12)7-4-13-15(2)5-7/h3-5H,1-2H3. The molecule has 0 atom stereocenters. The zero-order chi connectivity index (χ0) is 11.0. The molecule has 0 bridgehead atoms. The van der Waals surface area contributed by atoms with Crippen molar-refractivity contribution in [3.05, 3.63) is 33.8 Å².